The number of hydrogen-bond acceptors (Lipinski definition) is 2. The lowest BCUT2D eigenvalue weighted by atomic mass is 10.2. The average molecular weight is 290 g/mol. The first-order chi connectivity index (χ1) is 9.56. The molecule has 1 N–H and O–H groups in total. The molecule has 2 rings (SSSR count). The lowest BCUT2D eigenvalue weighted by Crippen LogP contribution is -2.30. The summed E-state index contributed by atoms with van der Waals surface area (Å²) >= 11 is 5.95. The lowest BCUT2D eigenvalue weighted by Gasteiger charge is -2.15. The van der Waals surface area contributed by atoms with E-state index in [9.17, 15) is 4.79 Å². The average Bonchev–Trinajstić information content (AvgIpc) is 2.44. The van der Waals surface area contributed by atoms with Gasteiger partial charge in [-0.1, -0.05) is 29.8 Å². The topological polar surface area (TPSA) is 38.3 Å². The van der Waals surface area contributed by atoms with E-state index in [-0.39, 0.29) is 5.91 Å². The van der Waals surface area contributed by atoms with Gasteiger partial charge in [-0.25, -0.2) is 0 Å². The van der Waals surface area contributed by atoms with Crippen LogP contribution in [-0.2, 0) is 4.79 Å². The maximum atomic E-state index is 12.0. The Balaban J connectivity index is 1.98. The molecule has 3 nitrogen and oxygen atoms in total. The number of hydrogen-bond donors (Lipinski definition) is 1. The van der Waals surface area contributed by atoms with Crippen LogP contribution in [0.3, 0.4) is 0 Å². The highest BCUT2D eigenvalue weighted by Crippen LogP contribution is 2.22. The summed E-state index contributed by atoms with van der Waals surface area (Å²) in [6.45, 7) is 3.60. The molecule has 4 heteroatoms. The van der Waals surface area contributed by atoms with Gasteiger partial charge >= 0.3 is 0 Å². The van der Waals surface area contributed by atoms with Crippen molar-refractivity contribution in [2.75, 3.05) is 5.32 Å². The molecule has 1 atom stereocenters. The Bertz CT molecular complexity index is 599. The number of ether oxygens (including phenoxy) is 1. The molecule has 1 unspecified atom stereocenters. The van der Waals surface area contributed by atoms with Gasteiger partial charge in [-0.15, -0.1) is 0 Å². The van der Waals surface area contributed by atoms with Crippen molar-refractivity contribution in [2.45, 2.75) is 20.0 Å². The zero-order valence-electron chi connectivity index (χ0n) is 11.4. The van der Waals surface area contributed by atoms with Crippen LogP contribution >= 0.6 is 11.6 Å². The number of benzene rings is 2. The molecule has 104 valence electrons. The van der Waals surface area contributed by atoms with E-state index in [1.807, 2.05) is 43.3 Å². The molecule has 0 aromatic heterocycles. The standard InChI is InChI=1S/C16H16ClNO2/c1-11-10-14(8-9-15(11)17)20-12(2)16(19)18-13-6-4-3-5-7-13/h3-10,12H,1-2H3,(H,18,19). The maximum absolute atomic E-state index is 12.0. The van der Waals surface area contributed by atoms with Crippen LogP contribution in [-0.4, -0.2) is 12.0 Å². The molecule has 0 aliphatic carbocycles. The summed E-state index contributed by atoms with van der Waals surface area (Å²) in [5.74, 6) is 0.436. The van der Waals surface area contributed by atoms with Crippen molar-refractivity contribution in [3.8, 4) is 5.75 Å². The number of rotatable bonds is 4. The van der Waals surface area contributed by atoms with Crippen LogP contribution in [0.2, 0.25) is 5.02 Å². The summed E-state index contributed by atoms with van der Waals surface area (Å²) in [4.78, 5) is 12.0. The van der Waals surface area contributed by atoms with E-state index >= 15 is 0 Å². The number of aryl methyl sites for hydroxylation is 1. The zero-order valence-corrected chi connectivity index (χ0v) is 12.1. The molecule has 0 spiro atoms. The first-order valence-corrected chi connectivity index (χ1v) is 6.73. The van der Waals surface area contributed by atoms with E-state index in [1.54, 1.807) is 19.1 Å². The fourth-order valence-electron chi connectivity index (χ4n) is 1.71. The largest absolute Gasteiger partial charge is 0.481 e. The monoisotopic (exact) mass is 289 g/mol. The summed E-state index contributed by atoms with van der Waals surface area (Å²) in [5, 5.41) is 3.48. The minimum Gasteiger partial charge on any atom is -0.481 e. The van der Waals surface area contributed by atoms with Crippen LogP contribution < -0.4 is 10.1 Å². The van der Waals surface area contributed by atoms with Crippen LogP contribution in [0.15, 0.2) is 48.5 Å². The molecule has 0 aliphatic heterocycles. The third kappa shape index (κ3) is 3.75. The molecule has 20 heavy (non-hydrogen) atoms. The molecular weight excluding hydrogens is 274 g/mol. The molecule has 0 fully saturated rings. The molecule has 2 aromatic carbocycles. The second-order valence-electron chi connectivity index (χ2n) is 4.53. The quantitative estimate of drug-likeness (QED) is 0.922. The predicted octanol–water partition coefficient (Wildman–Crippen LogP) is 4.05. The Labute approximate surface area is 123 Å². The number of anilines is 1. The summed E-state index contributed by atoms with van der Waals surface area (Å²) in [6, 6.07) is 14.6. The highest BCUT2D eigenvalue weighted by Gasteiger charge is 2.15. The van der Waals surface area contributed by atoms with E-state index < -0.39 is 6.10 Å². The van der Waals surface area contributed by atoms with Gasteiger partial charge in [-0.3, -0.25) is 4.79 Å². The van der Waals surface area contributed by atoms with Crippen LogP contribution in [0.4, 0.5) is 5.69 Å². The second-order valence-corrected chi connectivity index (χ2v) is 4.93. The van der Waals surface area contributed by atoms with Crippen molar-refractivity contribution in [3.05, 3.63) is 59.1 Å². The normalized spacial score (nSPS) is 11.8. The molecule has 0 bridgehead atoms. The first kappa shape index (κ1) is 14.4. The highest BCUT2D eigenvalue weighted by molar-refractivity contribution is 6.31. The van der Waals surface area contributed by atoms with Gasteiger partial charge in [0.25, 0.3) is 5.91 Å². The third-order valence-corrected chi connectivity index (χ3v) is 3.28. The molecule has 0 saturated heterocycles. The van der Waals surface area contributed by atoms with E-state index in [2.05, 4.69) is 5.32 Å². The van der Waals surface area contributed by atoms with Gasteiger partial charge in [0.15, 0.2) is 6.10 Å². The molecule has 0 saturated carbocycles. The summed E-state index contributed by atoms with van der Waals surface area (Å²) in [5.41, 5.74) is 1.67. The van der Waals surface area contributed by atoms with Crippen LogP contribution in [0.25, 0.3) is 0 Å². The SMILES string of the molecule is Cc1cc(OC(C)C(=O)Nc2ccccc2)ccc1Cl. The van der Waals surface area contributed by atoms with Crippen LogP contribution in [0, 0.1) is 6.92 Å². The lowest BCUT2D eigenvalue weighted by molar-refractivity contribution is -0.122. The van der Waals surface area contributed by atoms with Gasteiger partial charge < -0.3 is 10.1 Å². The van der Waals surface area contributed by atoms with E-state index in [0.29, 0.717) is 10.8 Å². The number of amides is 1. The van der Waals surface area contributed by atoms with Gasteiger partial charge in [-0.05, 0) is 49.7 Å². The minimum absolute atomic E-state index is 0.191. The Kier molecular flexibility index (Phi) is 4.64. The van der Waals surface area contributed by atoms with Crippen molar-refractivity contribution >= 4 is 23.2 Å². The molecule has 1 amide bonds. The minimum atomic E-state index is -0.587. The molecular formula is C16H16ClNO2. The second kappa shape index (κ2) is 6.44. The zero-order chi connectivity index (χ0) is 14.5. The molecule has 0 radical (unpaired) electrons. The first-order valence-electron chi connectivity index (χ1n) is 6.35. The third-order valence-electron chi connectivity index (χ3n) is 2.85. The van der Waals surface area contributed by atoms with E-state index in [4.69, 9.17) is 16.3 Å². The smallest absolute Gasteiger partial charge is 0.265 e. The Morgan fingerprint density at radius 2 is 1.90 bits per heavy atom. The fraction of sp³-hybridized carbons (Fsp3) is 0.188. The summed E-state index contributed by atoms with van der Waals surface area (Å²) in [7, 11) is 0. The maximum Gasteiger partial charge on any atom is 0.265 e. The Hall–Kier alpha value is -2.00. The summed E-state index contributed by atoms with van der Waals surface area (Å²) in [6.07, 6.45) is -0.587. The van der Waals surface area contributed by atoms with Crippen molar-refractivity contribution in [3.63, 3.8) is 0 Å². The van der Waals surface area contributed by atoms with Gasteiger partial charge in [0.05, 0.1) is 0 Å². The Morgan fingerprint density at radius 1 is 1.20 bits per heavy atom. The van der Waals surface area contributed by atoms with Crippen molar-refractivity contribution in [1.82, 2.24) is 0 Å². The van der Waals surface area contributed by atoms with Crippen LogP contribution in [0.1, 0.15) is 12.5 Å². The van der Waals surface area contributed by atoms with Gasteiger partial charge in [0.2, 0.25) is 0 Å². The van der Waals surface area contributed by atoms with Gasteiger partial charge in [0.1, 0.15) is 5.75 Å². The van der Waals surface area contributed by atoms with Crippen molar-refractivity contribution in [2.24, 2.45) is 0 Å². The number of halogens is 1. The number of nitrogens with one attached hydrogen (secondary N) is 1. The van der Waals surface area contributed by atoms with Crippen LogP contribution in [0.5, 0.6) is 5.75 Å². The molecule has 0 aliphatic rings. The number of carbonyl (C=O) groups is 1. The van der Waals surface area contributed by atoms with Crippen molar-refractivity contribution in [1.29, 1.82) is 0 Å². The van der Waals surface area contributed by atoms with Gasteiger partial charge in [0, 0.05) is 10.7 Å². The Morgan fingerprint density at radius 3 is 2.55 bits per heavy atom. The predicted molar refractivity (Wildman–Crippen MR) is 81.4 cm³/mol. The van der Waals surface area contributed by atoms with Crippen molar-refractivity contribution < 1.29 is 9.53 Å². The molecule has 2 aromatic rings. The summed E-state index contributed by atoms with van der Waals surface area (Å²) < 4.78 is 5.61. The fourth-order valence-corrected chi connectivity index (χ4v) is 1.83. The number of carbonyl (C=O) groups excluding carboxylic acids is 1. The van der Waals surface area contributed by atoms with E-state index in [0.717, 1.165) is 11.3 Å². The van der Waals surface area contributed by atoms with Gasteiger partial charge in [-0.2, -0.15) is 0 Å². The highest BCUT2D eigenvalue weighted by atomic mass is 35.5. The molecule has 0 heterocycles. The van der Waals surface area contributed by atoms with E-state index in [1.165, 1.54) is 0 Å². The number of para-hydroxylation sites is 1.